The normalized spacial score (nSPS) is 18.5. The fraction of sp³-hybridized carbons (Fsp3) is 0.444. The zero-order chi connectivity index (χ0) is 26.4. The third kappa shape index (κ3) is 5.40. The number of hydrogen-bond acceptors (Lipinski definition) is 7. The van der Waals surface area contributed by atoms with E-state index in [0.29, 0.717) is 61.7 Å². The number of methoxy groups -OCH3 is 3. The second-order valence-corrected chi connectivity index (χ2v) is 8.96. The SMILES string of the molecule is COCCNC(=O)C1COC2(CCN(C(=O)c3ccc(OC)c(OC)c3)CC2)N1C(=O)c1ccccc1. The standard InChI is InChI=1S/C27H33N3O7/c1-34-16-13-28-24(31)21-18-37-27(30(21)26(33)19-7-5-4-6-8-19)11-14-29(15-12-27)25(32)20-9-10-22(35-2)23(17-20)36-3/h4-10,17,21H,11-16,18H2,1-3H3,(H,28,31). The van der Waals surface area contributed by atoms with Crippen LogP contribution in [0.4, 0.5) is 0 Å². The van der Waals surface area contributed by atoms with Crippen molar-refractivity contribution in [1.29, 1.82) is 0 Å². The number of nitrogens with one attached hydrogen (secondary N) is 1. The van der Waals surface area contributed by atoms with Crippen molar-refractivity contribution in [3.05, 3.63) is 59.7 Å². The summed E-state index contributed by atoms with van der Waals surface area (Å²) in [6.45, 7) is 1.51. The number of benzene rings is 2. The molecule has 0 aromatic heterocycles. The highest BCUT2D eigenvalue weighted by Crippen LogP contribution is 2.39. The van der Waals surface area contributed by atoms with Crippen molar-refractivity contribution < 1.29 is 33.3 Å². The highest BCUT2D eigenvalue weighted by molar-refractivity contribution is 5.98. The van der Waals surface area contributed by atoms with E-state index in [1.54, 1.807) is 66.5 Å². The minimum Gasteiger partial charge on any atom is -0.493 e. The molecule has 0 aliphatic carbocycles. The Bertz CT molecular complexity index is 1120. The van der Waals surface area contributed by atoms with Crippen LogP contribution >= 0.6 is 0 Å². The van der Waals surface area contributed by atoms with Gasteiger partial charge in [0, 0.05) is 50.7 Å². The Balaban J connectivity index is 1.53. The van der Waals surface area contributed by atoms with E-state index in [1.807, 2.05) is 6.07 Å². The number of rotatable bonds is 8. The Kier molecular flexibility index (Phi) is 8.30. The van der Waals surface area contributed by atoms with Crippen LogP contribution in [0.1, 0.15) is 33.6 Å². The van der Waals surface area contributed by atoms with Gasteiger partial charge in [-0.25, -0.2) is 0 Å². The van der Waals surface area contributed by atoms with Gasteiger partial charge in [0.25, 0.3) is 11.8 Å². The average Bonchev–Trinajstić information content (AvgIpc) is 3.31. The van der Waals surface area contributed by atoms with Gasteiger partial charge in [0.2, 0.25) is 5.91 Å². The van der Waals surface area contributed by atoms with Crippen LogP contribution in [-0.2, 0) is 14.3 Å². The van der Waals surface area contributed by atoms with Crippen molar-refractivity contribution in [2.24, 2.45) is 0 Å². The number of carbonyl (C=O) groups is 3. The molecule has 2 heterocycles. The third-order valence-electron chi connectivity index (χ3n) is 6.87. The van der Waals surface area contributed by atoms with Crippen molar-refractivity contribution in [2.75, 3.05) is 54.2 Å². The number of ether oxygens (including phenoxy) is 4. The predicted molar refractivity (Wildman–Crippen MR) is 135 cm³/mol. The van der Waals surface area contributed by atoms with Crippen molar-refractivity contribution in [1.82, 2.24) is 15.1 Å². The molecule has 4 rings (SSSR count). The summed E-state index contributed by atoms with van der Waals surface area (Å²) in [5.74, 6) is 0.305. The van der Waals surface area contributed by atoms with Crippen LogP contribution < -0.4 is 14.8 Å². The molecular weight excluding hydrogens is 478 g/mol. The fourth-order valence-corrected chi connectivity index (χ4v) is 4.89. The molecule has 0 saturated carbocycles. The topological polar surface area (TPSA) is 107 Å². The zero-order valence-corrected chi connectivity index (χ0v) is 21.4. The molecule has 1 spiro atoms. The second kappa shape index (κ2) is 11.6. The first-order valence-electron chi connectivity index (χ1n) is 12.2. The molecule has 2 fully saturated rings. The van der Waals surface area contributed by atoms with Gasteiger partial charge in [0.15, 0.2) is 11.5 Å². The van der Waals surface area contributed by atoms with Crippen LogP contribution in [0.15, 0.2) is 48.5 Å². The van der Waals surface area contributed by atoms with Crippen molar-refractivity contribution >= 4 is 17.7 Å². The molecule has 1 atom stereocenters. The summed E-state index contributed by atoms with van der Waals surface area (Å²) in [4.78, 5) is 43.3. The Morgan fingerprint density at radius 1 is 0.946 bits per heavy atom. The Labute approximate surface area is 216 Å². The van der Waals surface area contributed by atoms with Crippen LogP contribution in [0.2, 0.25) is 0 Å². The largest absolute Gasteiger partial charge is 0.493 e. The van der Waals surface area contributed by atoms with Crippen LogP contribution in [0.25, 0.3) is 0 Å². The van der Waals surface area contributed by atoms with Crippen LogP contribution in [0.5, 0.6) is 11.5 Å². The van der Waals surface area contributed by atoms with Gasteiger partial charge in [-0.3, -0.25) is 19.3 Å². The lowest BCUT2D eigenvalue weighted by Gasteiger charge is -2.44. The van der Waals surface area contributed by atoms with Crippen LogP contribution in [0.3, 0.4) is 0 Å². The number of hydrogen-bond donors (Lipinski definition) is 1. The molecular formula is C27H33N3O7. The van der Waals surface area contributed by atoms with Gasteiger partial charge in [-0.05, 0) is 30.3 Å². The second-order valence-electron chi connectivity index (χ2n) is 8.96. The van der Waals surface area contributed by atoms with E-state index in [9.17, 15) is 14.4 Å². The lowest BCUT2D eigenvalue weighted by atomic mass is 9.96. The molecule has 37 heavy (non-hydrogen) atoms. The monoisotopic (exact) mass is 511 g/mol. The first-order valence-corrected chi connectivity index (χ1v) is 12.2. The number of piperidine rings is 1. The van der Waals surface area contributed by atoms with E-state index >= 15 is 0 Å². The molecule has 2 aliphatic heterocycles. The maximum absolute atomic E-state index is 13.7. The summed E-state index contributed by atoms with van der Waals surface area (Å²) in [6.07, 6.45) is 0.763. The Hall–Kier alpha value is -3.63. The number of carbonyl (C=O) groups excluding carboxylic acids is 3. The molecule has 0 bridgehead atoms. The minimum atomic E-state index is -0.982. The predicted octanol–water partition coefficient (Wildman–Crippen LogP) is 1.94. The van der Waals surface area contributed by atoms with Gasteiger partial charge < -0.3 is 29.2 Å². The number of amides is 3. The van der Waals surface area contributed by atoms with Gasteiger partial charge in [-0.1, -0.05) is 18.2 Å². The molecule has 1 N–H and O–H groups in total. The first-order chi connectivity index (χ1) is 17.9. The summed E-state index contributed by atoms with van der Waals surface area (Å²) >= 11 is 0. The molecule has 198 valence electrons. The van der Waals surface area contributed by atoms with Gasteiger partial charge in [-0.2, -0.15) is 0 Å². The molecule has 2 saturated heterocycles. The maximum atomic E-state index is 13.7. The molecule has 10 nitrogen and oxygen atoms in total. The quantitative estimate of drug-likeness (QED) is 0.540. The summed E-state index contributed by atoms with van der Waals surface area (Å²) in [7, 11) is 4.62. The van der Waals surface area contributed by atoms with Crippen LogP contribution in [-0.4, -0.2) is 93.5 Å². The van der Waals surface area contributed by atoms with E-state index in [4.69, 9.17) is 18.9 Å². The van der Waals surface area contributed by atoms with E-state index in [2.05, 4.69) is 5.32 Å². The summed E-state index contributed by atoms with van der Waals surface area (Å²) < 4.78 is 21.8. The molecule has 3 amide bonds. The van der Waals surface area contributed by atoms with Crippen molar-refractivity contribution in [3.8, 4) is 11.5 Å². The van der Waals surface area contributed by atoms with E-state index in [0.717, 1.165) is 0 Å². The highest BCUT2D eigenvalue weighted by atomic mass is 16.5. The van der Waals surface area contributed by atoms with Gasteiger partial charge in [-0.15, -0.1) is 0 Å². The van der Waals surface area contributed by atoms with Gasteiger partial charge in [0.05, 0.1) is 27.4 Å². The van der Waals surface area contributed by atoms with Crippen LogP contribution in [0, 0.1) is 0 Å². The summed E-state index contributed by atoms with van der Waals surface area (Å²) in [6, 6.07) is 13.1. The lowest BCUT2D eigenvalue weighted by Crippen LogP contribution is -2.60. The summed E-state index contributed by atoms with van der Waals surface area (Å²) in [5, 5.41) is 2.83. The van der Waals surface area contributed by atoms with Gasteiger partial charge in [0.1, 0.15) is 11.8 Å². The summed E-state index contributed by atoms with van der Waals surface area (Å²) in [5.41, 5.74) is -0.0238. The molecule has 10 heteroatoms. The van der Waals surface area contributed by atoms with E-state index < -0.39 is 11.8 Å². The third-order valence-corrected chi connectivity index (χ3v) is 6.87. The fourth-order valence-electron chi connectivity index (χ4n) is 4.89. The Morgan fingerprint density at radius 2 is 1.65 bits per heavy atom. The molecule has 0 radical (unpaired) electrons. The maximum Gasteiger partial charge on any atom is 0.256 e. The first kappa shape index (κ1) is 26.4. The van der Waals surface area contributed by atoms with Crippen molar-refractivity contribution in [2.45, 2.75) is 24.6 Å². The minimum absolute atomic E-state index is 0.0843. The van der Waals surface area contributed by atoms with Crippen molar-refractivity contribution in [3.63, 3.8) is 0 Å². The molecule has 1 unspecified atom stereocenters. The van der Waals surface area contributed by atoms with E-state index in [1.165, 1.54) is 7.11 Å². The molecule has 2 aromatic carbocycles. The van der Waals surface area contributed by atoms with Gasteiger partial charge >= 0.3 is 0 Å². The zero-order valence-electron chi connectivity index (χ0n) is 21.4. The average molecular weight is 512 g/mol. The Morgan fingerprint density at radius 3 is 2.30 bits per heavy atom. The highest BCUT2D eigenvalue weighted by Gasteiger charge is 2.54. The lowest BCUT2D eigenvalue weighted by molar-refractivity contribution is -0.128. The van der Waals surface area contributed by atoms with E-state index in [-0.39, 0.29) is 24.3 Å². The molecule has 2 aromatic rings. The number of likely N-dealkylation sites (tertiary alicyclic amines) is 1. The molecule has 2 aliphatic rings. The smallest absolute Gasteiger partial charge is 0.256 e. The number of nitrogens with zero attached hydrogens (tertiary/aromatic N) is 2.